The summed E-state index contributed by atoms with van der Waals surface area (Å²) in [5, 5.41) is 5.58. The van der Waals surface area contributed by atoms with Crippen molar-refractivity contribution < 1.29 is 4.39 Å². The average Bonchev–Trinajstić information content (AvgIpc) is 2.49. The third kappa shape index (κ3) is 2.68. The zero-order chi connectivity index (χ0) is 13.8. The maximum absolute atomic E-state index is 13.5. The maximum atomic E-state index is 13.5. The molecule has 0 atom stereocenters. The van der Waals surface area contributed by atoms with E-state index in [4.69, 9.17) is 0 Å². The first-order chi connectivity index (χ1) is 9.84. The second-order valence-corrected chi connectivity index (χ2v) is 4.71. The van der Waals surface area contributed by atoms with Gasteiger partial charge < -0.3 is 5.32 Å². The van der Waals surface area contributed by atoms with E-state index in [1.54, 1.807) is 12.1 Å². The molecule has 100 valence electrons. The van der Waals surface area contributed by atoms with Crippen molar-refractivity contribution in [2.75, 3.05) is 0 Å². The molecule has 0 amide bonds. The molecule has 2 aromatic carbocycles. The van der Waals surface area contributed by atoms with Crippen molar-refractivity contribution in [1.29, 1.82) is 0 Å². The molecule has 2 nitrogen and oxygen atoms in total. The van der Waals surface area contributed by atoms with Crippen molar-refractivity contribution in [3.05, 3.63) is 77.9 Å². The smallest absolute Gasteiger partial charge is 0.127 e. The van der Waals surface area contributed by atoms with Gasteiger partial charge in [-0.25, -0.2) is 4.39 Å². The second kappa shape index (κ2) is 5.80. The number of benzene rings is 2. The Hall–Kier alpha value is -2.26. The van der Waals surface area contributed by atoms with Gasteiger partial charge >= 0.3 is 0 Å². The van der Waals surface area contributed by atoms with Crippen molar-refractivity contribution in [1.82, 2.24) is 10.3 Å². The fourth-order valence-corrected chi connectivity index (χ4v) is 2.29. The van der Waals surface area contributed by atoms with Crippen LogP contribution in [0.15, 0.2) is 60.9 Å². The van der Waals surface area contributed by atoms with E-state index in [1.807, 2.05) is 36.7 Å². The first kappa shape index (κ1) is 12.8. The van der Waals surface area contributed by atoms with E-state index >= 15 is 0 Å². The molecular weight excluding hydrogens is 251 g/mol. The molecule has 1 aromatic heterocycles. The molecule has 3 aromatic rings. The Bertz CT molecular complexity index is 720. The fraction of sp³-hybridized carbons (Fsp3) is 0.118. The van der Waals surface area contributed by atoms with Crippen molar-refractivity contribution in [2.24, 2.45) is 0 Å². The minimum absolute atomic E-state index is 0.170. The number of hydrogen-bond donors (Lipinski definition) is 1. The zero-order valence-electron chi connectivity index (χ0n) is 11.0. The van der Waals surface area contributed by atoms with E-state index < -0.39 is 0 Å². The lowest BCUT2D eigenvalue weighted by molar-refractivity contribution is 0.588. The Kier molecular flexibility index (Phi) is 3.70. The molecule has 0 aliphatic carbocycles. The van der Waals surface area contributed by atoms with Gasteiger partial charge in [0.1, 0.15) is 5.82 Å². The summed E-state index contributed by atoms with van der Waals surface area (Å²) in [6.07, 6.45) is 3.71. The molecule has 0 radical (unpaired) electrons. The van der Waals surface area contributed by atoms with Gasteiger partial charge in [-0.2, -0.15) is 0 Å². The zero-order valence-corrected chi connectivity index (χ0v) is 11.0. The van der Waals surface area contributed by atoms with Gasteiger partial charge in [0.2, 0.25) is 0 Å². The van der Waals surface area contributed by atoms with Crippen molar-refractivity contribution in [3.63, 3.8) is 0 Å². The lowest BCUT2D eigenvalue weighted by atomic mass is 10.1. The van der Waals surface area contributed by atoms with Crippen LogP contribution in [0.2, 0.25) is 0 Å². The van der Waals surface area contributed by atoms with Crippen LogP contribution in [0.25, 0.3) is 10.8 Å². The van der Waals surface area contributed by atoms with Crippen LogP contribution in [0.1, 0.15) is 11.1 Å². The highest BCUT2D eigenvalue weighted by atomic mass is 19.1. The van der Waals surface area contributed by atoms with E-state index in [2.05, 4.69) is 16.4 Å². The molecule has 1 heterocycles. The van der Waals surface area contributed by atoms with Gasteiger partial charge in [0.05, 0.1) is 0 Å². The van der Waals surface area contributed by atoms with Crippen molar-refractivity contribution in [2.45, 2.75) is 13.1 Å². The number of aromatic nitrogens is 1. The monoisotopic (exact) mass is 266 g/mol. The van der Waals surface area contributed by atoms with Gasteiger partial charge in [-0.15, -0.1) is 0 Å². The van der Waals surface area contributed by atoms with Crippen LogP contribution in [0.3, 0.4) is 0 Å². The van der Waals surface area contributed by atoms with Gasteiger partial charge in [0.25, 0.3) is 0 Å². The SMILES string of the molecule is Fc1ccccc1CNCc1cncc2ccccc12. The maximum Gasteiger partial charge on any atom is 0.127 e. The largest absolute Gasteiger partial charge is 0.308 e. The highest BCUT2D eigenvalue weighted by molar-refractivity contribution is 5.84. The van der Waals surface area contributed by atoms with Crippen LogP contribution >= 0.6 is 0 Å². The lowest BCUT2D eigenvalue weighted by Gasteiger charge is -2.08. The van der Waals surface area contributed by atoms with Crippen molar-refractivity contribution >= 4 is 10.8 Å². The molecule has 1 N–H and O–H groups in total. The number of fused-ring (bicyclic) bond motifs is 1. The fourth-order valence-electron chi connectivity index (χ4n) is 2.29. The minimum atomic E-state index is -0.170. The summed E-state index contributed by atoms with van der Waals surface area (Å²) in [6.45, 7) is 1.18. The second-order valence-electron chi connectivity index (χ2n) is 4.71. The van der Waals surface area contributed by atoms with E-state index in [9.17, 15) is 4.39 Å². The molecule has 0 saturated carbocycles. The minimum Gasteiger partial charge on any atom is -0.308 e. The summed E-state index contributed by atoms with van der Waals surface area (Å²) in [5.74, 6) is -0.170. The molecule has 0 aliphatic rings. The molecule has 0 aliphatic heterocycles. The lowest BCUT2D eigenvalue weighted by Crippen LogP contribution is -2.14. The third-order valence-electron chi connectivity index (χ3n) is 3.34. The number of halogens is 1. The highest BCUT2D eigenvalue weighted by Crippen LogP contribution is 2.17. The quantitative estimate of drug-likeness (QED) is 0.779. The summed E-state index contributed by atoms with van der Waals surface area (Å²) in [5.41, 5.74) is 1.81. The summed E-state index contributed by atoms with van der Waals surface area (Å²) < 4.78 is 13.5. The number of rotatable bonds is 4. The standard InChI is InChI=1S/C17H15FN2/c18-17-8-4-2-6-14(17)10-20-12-15-11-19-9-13-5-1-3-7-16(13)15/h1-9,11,20H,10,12H2. The van der Waals surface area contributed by atoms with Gasteiger partial charge in [0.15, 0.2) is 0 Å². The first-order valence-electron chi connectivity index (χ1n) is 6.60. The Morgan fingerprint density at radius 2 is 1.60 bits per heavy atom. The Balaban J connectivity index is 1.73. The average molecular weight is 266 g/mol. The molecule has 3 heteroatoms. The van der Waals surface area contributed by atoms with E-state index in [0.29, 0.717) is 18.7 Å². The van der Waals surface area contributed by atoms with Crippen LogP contribution < -0.4 is 5.32 Å². The van der Waals surface area contributed by atoms with Gasteiger partial charge in [-0.05, 0) is 17.0 Å². The molecule has 0 spiro atoms. The topological polar surface area (TPSA) is 24.9 Å². The van der Waals surface area contributed by atoms with E-state index in [0.717, 1.165) is 10.9 Å². The predicted molar refractivity (Wildman–Crippen MR) is 78.7 cm³/mol. The van der Waals surface area contributed by atoms with Crippen molar-refractivity contribution in [3.8, 4) is 0 Å². The summed E-state index contributed by atoms with van der Waals surface area (Å²) in [7, 11) is 0. The number of nitrogens with one attached hydrogen (secondary N) is 1. The molecule has 0 saturated heterocycles. The molecular formula is C17H15FN2. The Labute approximate surface area is 117 Å². The Morgan fingerprint density at radius 3 is 2.50 bits per heavy atom. The van der Waals surface area contributed by atoms with Crippen LogP contribution in [0.4, 0.5) is 4.39 Å². The normalized spacial score (nSPS) is 10.8. The van der Waals surface area contributed by atoms with Crippen LogP contribution in [-0.4, -0.2) is 4.98 Å². The predicted octanol–water partition coefficient (Wildman–Crippen LogP) is 3.66. The van der Waals surface area contributed by atoms with Crippen LogP contribution in [-0.2, 0) is 13.1 Å². The van der Waals surface area contributed by atoms with E-state index in [1.165, 1.54) is 11.5 Å². The highest BCUT2D eigenvalue weighted by Gasteiger charge is 2.03. The summed E-state index contributed by atoms with van der Waals surface area (Å²) >= 11 is 0. The number of pyridine rings is 1. The number of hydrogen-bond acceptors (Lipinski definition) is 2. The van der Waals surface area contributed by atoms with Gasteiger partial charge in [-0.3, -0.25) is 4.98 Å². The first-order valence-corrected chi connectivity index (χ1v) is 6.60. The molecule has 0 unspecified atom stereocenters. The third-order valence-corrected chi connectivity index (χ3v) is 3.34. The van der Waals surface area contributed by atoms with Gasteiger partial charge in [0, 0.05) is 36.4 Å². The van der Waals surface area contributed by atoms with E-state index in [-0.39, 0.29) is 5.82 Å². The molecule has 0 fully saturated rings. The van der Waals surface area contributed by atoms with Gasteiger partial charge in [-0.1, -0.05) is 42.5 Å². The number of nitrogens with zero attached hydrogens (tertiary/aromatic N) is 1. The van der Waals surface area contributed by atoms with Crippen LogP contribution in [0, 0.1) is 5.82 Å². The summed E-state index contributed by atoms with van der Waals surface area (Å²) in [6, 6.07) is 15.0. The molecule has 20 heavy (non-hydrogen) atoms. The molecule has 3 rings (SSSR count). The van der Waals surface area contributed by atoms with Crippen LogP contribution in [0.5, 0.6) is 0 Å². The molecule has 0 bridgehead atoms. The summed E-state index contributed by atoms with van der Waals surface area (Å²) in [4.78, 5) is 4.24. The Morgan fingerprint density at radius 1 is 0.850 bits per heavy atom.